The van der Waals surface area contributed by atoms with Gasteiger partial charge in [0.05, 0.1) is 11.3 Å². The molecule has 1 aromatic heterocycles. The lowest BCUT2D eigenvalue weighted by Crippen LogP contribution is -2.30. The van der Waals surface area contributed by atoms with Crippen molar-refractivity contribution < 1.29 is 19.5 Å². The molecule has 1 saturated heterocycles. The average molecular weight is 280 g/mol. The van der Waals surface area contributed by atoms with E-state index in [4.69, 9.17) is 5.11 Å². The lowest BCUT2D eigenvalue weighted by Gasteiger charge is -2.09. The monoisotopic (exact) mass is 280 g/mol. The Morgan fingerprint density at radius 1 is 1.47 bits per heavy atom. The van der Waals surface area contributed by atoms with Gasteiger partial charge in [-0.1, -0.05) is 0 Å². The van der Waals surface area contributed by atoms with Crippen LogP contribution in [0.25, 0.3) is 6.08 Å². The zero-order valence-electron chi connectivity index (χ0n) is 10.2. The molecule has 0 aliphatic carbocycles. The summed E-state index contributed by atoms with van der Waals surface area (Å²) in [5.41, 5.74) is 0.809. The highest BCUT2D eigenvalue weighted by Crippen LogP contribution is 2.32. The Morgan fingerprint density at radius 2 is 2.21 bits per heavy atom. The summed E-state index contributed by atoms with van der Waals surface area (Å²) in [5.74, 6) is -1.47. The van der Waals surface area contributed by atoms with Crippen LogP contribution in [-0.4, -0.2) is 38.2 Å². The van der Waals surface area contributed by atoms with Crippen LogP contribution in [0.1, 0.15) is 12.1 Å². The first kappa shape index (κ1) is 13.4. The second-order valence-electron chi connectivity index (χ2n) is 4.02. The van der Waals surface area contributed by atoms with Crippen molar-refractivity contribution in [3.63, 3.8) is 0 Å². The van der Waals surface area contributed by atoms with Gasteiger partial charge in [0.1, 0.15) is 0 Å². The van der Waals surface area contributed by atoms with E-state index in [0.29, 0.717) is 4.91 Å². The zero-order valence-corrected chi connectivity index (χ0v) is 11.0. The van der Waals surface area contributed by atoms with Crippen molar-refractivity contribution in [3.05, 3.63) is 28.9 Å². The molecule has 0 spiro atoms. The first-order valence-electron chi connectivity index (χ1n) is 5.57. The summed E-state index contributed by atoms with van der Waals surface area (Å²) in [6.45, 7) is -0.0928. The third-order valence-electron chi connectivity index (χ3n) is 2.69. The van der Waals surface area contributed by atoms with Crippen LogP contribution in [0, 0.1) is 0 Å². The lowest BCUT2D eigenvalue weighted by molar-refractivity contribution is -0.137. The number of imide groups is 1. The van der Waals surface area contributed by atoms with E-state index < -0.39 is 17.1 Å². The molecule has 2 heterocycles. The van der Waals surface area contributed by atoms with Crippen LogP contribution in [0.2, 0.25) is 0 Å². The largest absolute Gasteiger partial charge is 0.481 e. The smallest absolute Gasteiger partial charge is 0.305 e. The topological polar surface area (TPSA) is 79.6 Å². The number of carboxylic acid groups (broad SMARTS) is 1. The number of aryl methyl sites for hydroxylation is 1. The second kappa shape index (κ2) is 5.31. The van der Waals surface area contributed by atoms with Gasteiger partial charge >= 0.3 is 5.97 Å². The minimum absolute atomic E-state index is 0.0928. The van der Waals surface area contributed by atoms with Gasteiger partial charge < -0.3 is 9.67 Å². The molecule has 1 N–H and O–H groups in total. The van der Waals surface area contributed by atoms with E-state index in [9.17, 15) is 14.4 Å². The number of thioether (sulfide) groups is 1. The summed E-state index contributed by atoms with van der Waals surface area (Å²) >= 11 is 0.833. The Morgan fingerprint density at radius 3 is 2.79 bits per heavy atom. The van der Waals surface area contributed by atoms with Gasteiger partial charge in [-0.25, -0.2) is 0 Å². The molecule has 1 aromatic rings. The summed E-state index contributed by atoms with van der Waals surface area (Å²) < 4.78 is 1.82. The van der Waals surface area contributed by atoms with E-state index in [-0.39, 0.29) is 13.0 Å². The molecule has 0 atom stereocenters. The summed E-state index contributed by atoms with van der Waals surface area (Å²) in [6, 6.07) is 3.66. The van der Waals surface area contributed by atoms with Crippen molar-refractivity contribution in [2.24, 2.45) is 7.05 Å². The predicted octanol–water partition coefficient (Wildman–Crippen LogP) is 1.54. The number of amides is 2. The lowest BCUT2D eigenvalue weighted by atomic mass is 10.3. The highest BCUT2D eigenvalue weighted by molar-refractivity contribution is 8.18. The fraction of sp³-hybridized carbons (Fsp3) is 0.250. The molecule has 6 nitrogen and oxygen atoms in total. The Bertz CT molecular complexity index is 576. The minimum atomic E-state index is -1.04. The Kier molecular flexibility index (Phi) is 3.75. The maximum absolute atomic E-state index is 12.0. The molecule has 0 radical (unpaired) electrons. The molecule has 1 fully saturated rings. The quantitative estimate of drug-likeness (QED) is 0.846. The first-order chi connectivity index (χ1) is 8.99. The SMILES string of the molecule is Cn1cccc1/C=C1\SC(=O)N(CCC(=O)O)C1=O. The number of rotatable bonds is 4. The maximum Gasteiger partial charge on any atom is 0.305 e. The molecule has 0 saturated carbocycles. The van der Waals surface area contributed by atoms with Crippen LogP contribution < -0.4 is 0 Å². The molecule has 19 heavy (non-hydrogen) atoms. The van der Waals surface area contributed by atoms with Crippen molar-refractivity contribution in [1.29, 1.82) is 0 Å². The fourth-order valence-electron chi connectivity index (χ4n) is 1.66. The van der Waals surface area contributed by atoms with Gasteiger partial charge in [-0.3, -0.25) is 19.3 Å². The van der Waals surface area contributed by atoms with Crippen LogP contribution in [0.4, 0.5) is 4.79 Å². The van der Waals surface area contributed by atoms with Crippen molar-refractivity contribution in [1.82, 2.24) is 9.47 Å². The molecular formula is C12H12N2O4S. The molecular weight excluding hydrogens is 268 g/mol. The predicted molar refractivity (Wildman–Crippen MR) is 70.3 cm³/mol. The third kappa shape index (κ3) is 2.87. The molecule has 100 valence electrons. The first-order valence-corrected chi connectivity index (χ1v) is 6.39. The fourth-order valence-corrected chi connectivity index (χ4v) is 2.51. The molecule has 0 unspecified atom stereocenters. The highest BCUT2D eigenvalue weighted by Gasteiger charge is 2.35. The van der Waals surface area contributed by atoms with Crippen molar-refractivity contribution >= 4 is 35.0 Å². The number of nitrogens with zero attached hydrogens (tertiary/aromatic N) is 2. The van der Waals surface area contributed by atoms with E-state index in [1.165, 1.54) is 0 Å². The van der Waals surface area contributed by atoms with Crippen LogP contribution in [0.5, 0.6) is 0 Å². The number of aromatic nitrogens is 1. The van der Waals surface area contributed by atoms with E-state index in [1.807, 2.05) is 29.9 Å². The summed E-state index contributed by atoms with van der Waals surface area (Å²) in [5, 5.41) is 8.16. The van der Waals surface area contributed by atoms with Gasteiger partial charge in [-0.05, 0) is 30.0 Å². The summed E-state index contributed by atoms with van der Waals surface area (Å²) in [7, 11) is 1.83. The van der Waals surface area contributed by atoms with E-state index >= 15 is 0 Å². The van der Waals surface area contributed by atoms with Gasteiger partial charge in [0.15, 0.2) is 0 Å². The molecule has 2 rings (SSSR count). The standard InChI is InChI=1S/C12H12N2O4S/c1-13-5-2-3-8(13)7-9-11(17)14(12(18)19-9)6-4-10(15)16/h2-3,5,7H,4,6H2,1H3,(H,15,16)/b9-7-. The van der Waals surface area contributed by atoms with Gasteiger partial charge in [-0.2, -0.15) is 0 Å². The molecule has 0 aromatic carbocycles. The van der Waals surface area contributed by atoms with E-state index in [1.54, 1.807) is 6.08 Å². The summed E-state index contributed by atoms with van der Waals surface area (Å²) in [6.07, 6.45) is 3.22. The molecule has 2 amide bonds. The van der Waals surface area contributed by atoms with Crippen LogP contribution >= 0.6 is 11.8 Å². The van der Waals surface area contributed by atoms with Crippen LogP contribution in [0.3, 0.4) is 0 Å². The Labute approximate surface area is 113 Å². The molecule has 7 heteroatoms. The Balaban J connectivity index is 2.16. The Hall–Kier alpha value is -2.02. The van der Waals surface area contributed by atoms with Crippen LogP contribution in [0.15, 0.2) is 23.2 Å². The van der Waals surface area contributed by atoms with Gasteiger partial charge in [0.25, 0.3) is 11.1 Å². The highest BCUT2D eigenvalue weighted by atomic mass is 32.2. The van der Waals surface area contributed by atoms with Crippen LogP contribution in [-0.2, 0) is 16.6 Å². The van der Waals surface area contributed by atoms with Gasteiger partial charge in [0.2, 0.25) is 0 Å². The number of carbonyl (C=O) groups excluding carboxylic acids is 2. The molecule has 1 aliphatic heterocycles. The van der Waals surface area contributed by atoms with Crippen molar-refractivity contribution in [3.8, 4) is 0 Å². The third-order valence-corrected chi connectivity index (χ3v) is 3.59. The van der Waals surface area contributed by atoms with Gasteiger partial charge in [-0.15, -0.1) is 0 Å². The molecule has 0 bridgehead atoms. The minimum Gasteiger partial charge on any atom is -0.481 e. The number of hydrogen-bond acceptors (Lipinski definition) is 4. The number of hydrogen-bond donors (Lipinski definition) is 1. The number of aliphatic carboxylic acids is 1. The molecule has 1 aliphatic rings. The van der Waals surface area contributed by atoms with E-state index in [2.05, 4.69) is 0 Å². The zero-order chi connectivity index (χ0) is 14.0. The van der Waals surface area contributed by atoms with E-state index in [0.717, 1.165) is 22.4 Å². The summed E-state index contributed by atoms with van der Waals surface area (Å²) in [4.78, 5) is 35.4. The second-order valence-corrected chi connectivity index (χ2v) is 5.01. The number of carboxylic acids is 1. The average Bonchev–Trinajstić information content (AvgIpc) is 2.84. The van der Waals surface area contributed by atoms with Crippen molar-refractivity contribution in [2.45, 2.75) is 6.42 Å². The number of carbonyl (C=O) groups is 3. The van der Waals surface area contributed by atoms with Gasteiger partial charge in [0, 0.05) is 25.5 Å². The normalized spacial score (nSPS) is 17.5. The maximum atomic E-state index is 12.0. The van der Waals surface area contributed by atoms with Crippen molar-refractivity contribution in [2.75, 3.05) is 6.54 Å².